The van der Waals surface area contributed by atoms with Crippen molar-refractivity contribution in [1.29, 1.82) is 0 Å². The summed E-state index contributed by atoms with van der Waals surface area (Å²) in [4.78, 5) is 15.8. The third-order valence-corrected chi connectivity index (χ3v) is 5.48. The number of hydrogen-bond donors (Lipinski definition) is 1. The van der Waals surface area contributed by atoms with Crippen LogP contribution in [0.25, 0.3) is 0 Å². The molecule has 0 bridgehead atoms. The van der Waals surface area contributed by atoms with E-state index < -0.39 is 0 Å². The normalized spacial score (nSPS) is 12.3. The molecule has 2 heterocycles. The van der Waals surface area contributed by atoms with Crippen LogP contribution in [0.15, 0.2) is 54.2 Å². The van der Waals surface area contributed by atoms with Crippen LogP contribution < -0.4 is 5.32 Å². The lowest BCUT2D eigenvalue weighted by Gasteiger charge is -2.23. The number of amides is 1. The fourth-order valence-corrected chi connectivity index (χ4v) is 3.80. The number of likely N-dealkylation sites (N-methyl/N-ethyl adjacent to an activating group) is 1. The molecule has 1 atom stereocenters. The number of nitrogens with zero attached hydrogens (tertiary/aromatic N) is 3. The monoisotopic (exact) mass is 388 g/mol. The van der Waals surface area contributed by atoms with Crippen LogP contribution in [-0.2, 0) is 6.54 Å². The Labute approximate surface area is 162 Å². The van der Waals surface area contributed by atoms with Gasteiger partial charge < -0.3 is 10.2 Å². The summed E-state index contributed by atoms with van der Waals surface area (Å²) in [6.07, 6.45) is 3.33. The van der Waals surface area contributed by atoms with E-state index in [4.69, 9.17) is 11.6 Å². The molecule has 0 aliphatic carbocycles. The number of nitrogens with one attached hydrogen (secondary N) is 1. The van der Waals surface area contributed by atoms with E-state index in [1.807, 2.05) is 49.8 Å². The van der Waals surface area contributed by atoms with Gasteiger partial charge in [-0.05, 0) is 37.2 Å². The number of rotatable bonds is 7. The summed E-state index contributed by atoms with van der Waals surface area (Å²) < 4.78 is 1.72. The number of thiophene rings is 1. The van der Waals surface area contributed by atoms with Gasteiger partial charge in [-0.2, -0.15) is 5.10 Å². The Morgan fingerprint density at radius 1 is 1.31 bits per heavy atom. The summed E-state index contributed by atoms with van der Waals surface area (Å²) in [6.45, 7) is 1.07. The summed E-state index contributed by atoms with van der Waals surface area (Å²) in [5, 5.41) is 10.0. The first-order valence-electron chi connectivity index (χ1n) is 8.28. The first-order chi connectivity index (χ1) is 12.5. The number of carbonyl (C=O) groups excluding carboxylic acids is 1. The van der Waals surface area contributed by atoms with E-state index in [9.17, 15) is 4.79 Å². The lowest BCUT2D eigenvalue weighted by molar-refractivity contribution is 0.0942. The quantitative estimate of drug-likeness (QED) is 0.671. The van der Waals surface area contributed by atoms with Crippen LogP contribution in [0.4, 0.5) is 0 Å². The second-order valence-electron chi connectivity index (χ2n) is 6.22. The Morgan fingerprint density at radius 2 is 2.12 bits per heavy atom. The van der Waals surface area contributed by atoms with E-state index in [1.54, 1.807) is 28.4 Å². The average molecular weight is 389 g/mol. The summed E-state index contributed by atoms with van der Waals surface area (Å²) in [6, 6.07) is 11.9. The largest absolute Gasteiger partial charge is 0.350 e. The van der Waals surface area contributed by atoms with Crippen LogP contribution in [0.5, 0.6) is 0 Å². The summed E-state index contributed by atoms with van der Waals surface area (Å²) >= 11 is 7.87. The van der Waals surface area contributed by atoms with E-state index >= 15 is 0 Å². The molecule has 0 spiro atoms. The number of hydrogen-bond acceptors (Lipinski definition) is 4. The molecule has 26 heavy (non-hydrogen) atoms. The molecule has 3 rings (SSSR count). The van der Waals surface area contributed by atoms with Gasteiger partial charge in [0.2, 0.25) is 0 Å². The van der Waals surface area contributed by atoms with E-state index in [0.29, 0.717) is 23.7 Å². The smallest absolute Gasteiger partial charge is 0.254 e. The van der Waals surface area contributed by atoms with E-state index in [-0.39, 0.29) is 11.9 Å². The van der Waals surface area contributed by atoms with E-state index in [1.165, 1.54) is 4.88 Å². The van der Waals surface area contributed by atoms with Crippen LogP contribution in [0.1, 0.15) is 26.8 Å². The lowest BCUT2D eigenvalue weighted by Crippen LogP contribution is -2.34. The predicted octanol–water partition coefficient (Wildman–Crippen LogP) is 3.68. The van der Waals surface area contributed by atoms with Crippen molar-refractivity contribution in [2.24, 2.45) is 0 Å². The summed E-state index contributed by atoms with van der Waals surface area (Å²) in [5.74, 6) is -0.126. The highest BCUT2D eigenvalue weighted by atomic mass is 35.5. The fraction of sp³-hybridized carbons (Fsp3) is 0.263. The number of carbonyl (C=O) groups is 1. The maximum absolute atomic E-state index is 12.5. The zero-order valence-electron chi connectivity index (χ0n) is 14.7. The first-order valence-corrected chi connectivity index (χ1v) is 9.54. The molecule has 3 aromatic rings. The van der Waals surface area contributed by atoms with Gasteiger partial charge in [0.05, 0.1) is 24.3 Å². The molecule has 1 N–H and O–H groups in total. The molecule has 136 valence electrons. The molecular formula is C19H21ClN4OS. The summed E-state index contributed by atoms with van der Waals surface area (Å²) in [7, 11) is 4.02. The van der Waals surface area contributed by atoms with Crippen molar-refractivity contribution in [2.75, 3.05) is 20.6 Å². The molecule has 1 unspecified atom stereocenters. The lowest BCUT2D eigenvalue weighted by atomic mass is 10.2. The van der Waals surface area contributed by atoms with Gasteiger partial charge in [0.1, 0.15) is 0 Å². The maximum atomic E-state index is 12.5. The zero-order chi connectivity index (χ0) is 18.5. The van der Waals surface area contributed by atoms with Gasteiger partial charge in [0.15, 0.2) is 0 Å². The SMILES string of the molecule is CN(C)C(CNC(=O)c1cnn(Cc2ccccc2Cl)c1)c1cccs1. The third kappa shape index (κ3) is 4.52. The molecule has 0 fully saturated rings. The van der Waals surface area contributed by atoms with Gasteiger partial charge in [-0.25, -0.2) is 0 Å². The Balaban J connectivity index is 1.62. The molecule has 0 radical (unpaired) electrons. The van der Waals surface area contributed by atoms with Crippen LogP contribution in [0.3, 0.4) is 0 Å². The highest BCUT2D eigenvalue weighted by molar-refractivity contribution is 7.10. The highest BCUT2D eigenvalue weighted by Gasteiger charge is 2.17. The number of benzene rings is 1. The van der Waals surface area contributed by atoms with Gasteiger partial charge in [-0.3, -0.25) is 9.48 Å². The van der Waals surface area contributed by atoms with Crippen molar-refractivity contribution in [1.82, 2.24) is 20.0 Å². The Bertz CT molecular complexity index is 860. The minimum absolute atomic E-state index is 0.126. The Morgan fingerprint density at radius 3 is 2.81 bits per heavy atom. The number of halogens is 1. The first kappa shape index (κ1) is 18.6. The van der Waals surface area contributed by atoms with Gasteiger partial charge in [0, 0.05) is 22.6 Å². The van der Waals surface area contributed by atoms with E-state index in [0.717, 1.165) is 5.56 Å². The Kier molecular flexibility index (Phi) is 6.08. The van der Waals surface area contributed by atoms with Gasteiger partial charge >= 0.3 is 0 Å². The zero-order valence-corrected chi connectivity index (χ0v) is 16.3. The minimum atomic E-state index is -0.126. The molecule has 0 saturated heterocycles. The van der Waals surface area contributed by atoms with Gasteiger partial charge in [-0.15, -0.1) is 11.3 Å². The van der Waals surface area contributed by atoms with Crippen molar-refractivity contribution in [2.45, 2.75) is 12.6 Å². The molecular weight excluding hydrogens is 368 g/mol. The predicted molar refractivity (Wildman–Crippen MR) is 106 cm³/mol. The topological polar surface area (TPSA) is 50.2 Å². The van der Waals surface area contributed by atoms with E-state index in [2.05, 4.69) is 21.4 Å². The van der Waals surface area contributed by atoms with Gasteiger partial charge in [0.25, 0.3) is 5.91 Å². The molecule has 0 aliphatic heterocycles. The number of aromatic nitrogens is 2. The molecule has 0 aliphatic rings. The molecule has 0 saturated carbocycles. The molecule has 5 nitrogen and oxygen atoms in total. The maximum Gasteiger partial charge on any atom is 0.254 e. The fourth-order valence-electron chi connectivity index (χ4n) is 2.68. The van der Waals surface area contributed by atoms with Gasteiger partial charge in [-0.1, -0.05) is 35.9 Å². The van der Waals surface area contributed by atoms with Crippen molar-refractivity contribution < 1.29 is 4.79 Å². The molecule has 7 heteroatoms. The molecule has 1 amide bonds. The van der Waals surface area contributed by atoms with Crippen LogP contribution >= 0.6 is 22.9 Å². The highest BCUT2D eigenvalue weighted by Crippen LogP contribution is 2.22. The summed E-state index contributed by atoms with van der Waals surface area (Å²) in [5.41, 5.74) is 1.51. The van der Waals surface area contributed by atoms with Crippen molar-refractivity contribution in [3.63, 3.8) is 0 Å². The molecule has 2 aromatic heterocycles. The average Bonchev–Trinajstić information content (AvgIpc) is 3.29. The van der Waals surface area contributed by atoms with Crippen LogP contribution in [-0.4, -0.2) is 41.2 Å². The second-order valence-corrected chi connectivity index (χ2v) is 7.61. The standard InChI is InChI=1S/C19H21ClN4OS/c1-23(2)17(18-8-5-9-26-18)11-21-19(25)15-10-22-24(13-15)12-14-6-3-4-7-16(14)20/h3-10,13,17H,11-12H2,1-2H3,(H,21,25). The van der Waals surface area contributed by atoms with Crippen molar-refractivity contribution in [3.05, 3.63) is 75.2 Å². The Hall–Kier alpha value is -2.15. The third-order valence-electron chi connectivity index (χ3n) is 4.14. The molecule has 1 aromatic carbocycles. The van der Waals surface area contributed by atoms with Crippen LogP contribution in [0.2, 0.25) is 5.02 Å². The van der Waals surface area contributed by atoms with Crippen molar-refractivity contribution in [3.8, 4) is 0 Å². The minimum Gasteiger partial charge on any atom is -0.350 e. The second kappa shape index (κ2) is 8.49. The van der Waals surface area contributed by atoms with Crippen LogP contribution in [0, 0.1) is 0 Å². The van der Waals surface area contributed by atoms with Crippen molar-refractivity contribution >= 4 is 28.8 Å².